The molecule has 50 heavy (non-hydrogen) atoms. The molecule has 2 fully saturated rings. The monoisotopic (exact) mass is 705 g/mol. The van der Waals surface area contributed by atoms with Gasteiger partial charge in [-0.05, 0) is 87.2 Å². The van der Waals surface area contributed by atoms with E-state index in [4.69, 9.17) is 26.1 Å². The van der Waals surface area contributed by atoms with Crippen molar-refractivity contribution in [3.8, 4) is 29.0 Å². The lowest BCUT2D eigenvalue weighted by Gasteiger charge is -2.36. The van der Waals surface area contributed by atoms with Gasteiger partial charge in [-0.1, -0.05) is 30.2 Å². The quantitative estimate of drug-likeness (QED) is 0.170. The summed E-state index contributed by atoms with van der Waals surface area (Å²) in [4.78, 5) is 9.55. The Bertz CT molecular complexity index is 2150. The van der Waals surface area contributed by atoms with Crippen LogP contribution in [-0.2, 0) is 25.1 Å². The van der Waals surface area contributed by atoms with Gasteiger partial charge in [-0.15, -0.1) is 10.2 Å². The van der Waals surface area contributed by atoms with E-state index >= 15 is 0 Å². The standard InChI is InChI=1S/C36H32ClF4N7O2/c1-34(25-8-7-23(37)17-26(25)38)49-29-5-2-4-24(31(29)50-34)21-10-14-47(15-11-21)18-30-43-27-16-22(32-44-33(46-45-32)36(39,40)41)6-9-28(27)48(30)20-35(19-42)12-3-13-35/h2,4-9,16-17,21H,3,10-15,18,20H2,1H3,(H,44,45,46). The fraction of sp³-hybridized carbons (Fsp3) is 0.389. The molecule has 14 heteroatoms. The van der Waals surface area contributed by atoms with Crippen molar-refractivity contribution in [2.75, 3.05) is 13.1 Å². The molecule has 5 aromatic rings. The van der Waals surface area contributed by atoms with Crippen molar-refractivity contribution >= 4 is 22.6 Å². The second kappa shape index (κ2) is 12.0. The van der Waals surface area contributed by atoms with Gasteiger partial charge in [0.1, 0.15) is 11.6 Å². The second-order valence-electron chi connectivity index (χ2n) is 13.6. The largest absolute Gasteiger partial charge is 0.451 e. The van der Waals surface area contributed by atoms with Crippen molar-refractivity contribution in [2.24, 2.45) is 5.41 Å². The first-order chi connectivity index (χ1) is 23.9. The molecular formula is C36H32ClF4N7O2. The Morgan fingerprint density at radius 2 is 1.86 bits per heavy atom. The summed E-state index contributed by atoms with van der Waals surface area (Å²) in [6, 6.07) is 18.0. The molecule has 0 bridgehead atoms. The number of fused-ring (bicyclic) bond motifs is 2. The molecule has 9 nitrogen and oxygen atoms in total. The number of benzene rings is 3. The normalized spacial score (nSPS) is 20.6. The Labute approximate surface area is 289 Å². The predicted octanol–water partition coefficient (Wildman–Crippen LogP) is 8.35. The number of hydrogen-bond donors (Lipinski definition) is 1. The van der Waals surface area contributed by atoms with E-state index in [1.54, 1.807) is 31.2 Å². The third-order valence-electron chi connectivity index (χ3n) is 10.3. The van der Waals surface area contributed by atoms with Gasteiger partial charge in [0.05, 0.1) is 34.6 Å². The maximum Gasteiger partial charge on any atom is 0.451 e. The van der Waals surface area contributed by atoms with Gasteiger partial charge in [0.2, 0.25) is 5.82 Å². The van der Waals surface area contributed by atoms with E-state index in [1.807, 2.05) is 24.3 Å². The number of imidazole rings is 1. The van der Waals surface area contributed by atoms with Gasteiger partial charge in [0.15, 0.2) is 17.3 Å². The zero-order valence-corrected chi connectivity index (χ0v) is 27.8. The van der Waals surface area contributed by atoms with Gasteiger partial charge in [0, 0.05) is 29.6 Å². The number of alkyl halides is 3. The summed E-state index contributed by atoms with van der Waals surface area (Å²) in [5.41, 5.74) is 2.67. The molecule has 2 aromatic heterocycles. The second-order valence-corrected chi connectivity index (χ2v) is 14.0. The molecule has 0 amide bonds. The van der Waals surface area contributed by atoms with Crippen LogP contribution >= 0.6 is 11.6 Å². The van der Waals surface area contributed by atoms with E-state index in [-0.39, 0.29) is 17.3 Å². The smallest absolute Gasteiger partial charge is 0.444 e. The summed E-state index contributed by atoms with van der Waals surface area (Å²) in [6.45, 7) is 4.28. The minimum Gasteiger partial charge on any atom is -0.444 e. The third-order valence-corrected chi connectivity index (χ3v) is 10.5. The number of aromatic amines is 1. The molecular weight excluding hydrogens is 674 g/mol. The number of nitrogens with one attached hydrogen (secondary N) is 1. The van der Waals surface area contributed by atoms with Crippen molar-refractivity contribution in [1.29, 1.82) is 5.26 Å². The Morgan fingerprint density at radius 3 is 2.54 bits per heavy atom. The van der Waals surface area contributed by atoms with Crippen molar-refractivity contribution in [3.05, 3.63) is 88.2 Å². The number of likely N-dealkylation sites (tertiary alicyclic amines) is 1. The van der Waals surface area contributed by atoms with Crippen LogP contribution in [0.3, 0.4) is 0 Å². The average Bonchev–Trinajstić information content (AvgIpc) is 3.78. The summed E-state index contributed by atoms with van der Waals surface area (Å²) >= 11 is 5.98. The lowest BCUT2D eigenvalue weighted by atomic mass is 9.70. The van der Waals surface area contributed by atoms with Gasteiger partial charge in [-0.2, -0.15) is 18.4 Å². The molecule has 1 saturated heterocycles. The van der Waals surface area contributed by atoms with Crippen LogP contribution in [0.2, 0.25) is 5.02 Å². The predicted molar refractivity (Wildman–Crippen MR) is 176 cm³/mol. The van der Waals surface area contributed by atoms with Crippen LogP contribution in [0.1, 0.15) is 67.7 Å². The van der Waals surface area contributed by atoms with Crippen molar-refractivity contribution in [1.82, 2.24) is 29.6 Å². The molecule has 2 aliphatic heterocycles. The van der Waals surface area contributed by atoms with E-state index in [1.165, 1.54) is 6.07 Å². The third kappa shape index (κ3) is 5.74. The summed E-state index contributed by atoms with van der Waals surface area (Å²) < 4.78 is 69.1. The first kappa shape index (κ1) is 32.5. The number of para-hydroxylation sites is 1. The number of hydrogen-bond acceptors (Lipinski definition) is 7. The molecule has 0 spiro atoms. The molecule has 258 valence electrons. The van der Waals surface area contributed by atoms with Crippen LogP contribution in [-0.4, -0.2) is 42.7 Å². The number of piperidine rings is 1. The molecule has 1 saturated carbocycles. The van der Waals surface area contributed by atoms with Crippen LogP contribution < -0.4 is 9.47 Å². The van der Waals surface area contributed by atoms with Crippen LogP contribution in [0.15, 0.2) is 54.6 Å². The lowest BCUT2D eigenvalue weighted by molar-refractivity contribution is -0.144. The molecule has 1 N–H and O–H groups in total. The number of rotatable bonds is 7. The van der Waals surface area contributed by atoms with Crippen molar-refractivity contribution in [3.63, 3.8) is 0 Å². The van der Waals surface area contributed by atoms with Crippen LogP contribution in [0.4, 0.5) is 17.6 Å². The maximum atomic E-state index is 14.9. The number of halogens is 5. The lowest BCUT2D eigenvalue weighted by Crippen LogP contribution is -2.36. The highest BCUT2D eigenvalue weighted by molar-refractivity contribution is 6.30. The summed E-state index contributed by atoms with van der Waals surface area (Å²) in [5, 5.41) is 17.3. The van der Waals surface area contributed by atoms with Gasteiger partial charge < -0.3 is 19.0 Å². The molecule has 1 unspecified atom stereocenters. The fourth-order valence-corrected chi connectivity index (χ4v) is 7.55. The fourth-order valence-electron chi connectivity index (χ4n) is 7.39. The highest BCUT2D eigenvalue weighted by Crippen LogP contribution is 2.50. The van der Waals surface area contributed by atoms with Crippen LogP contribution in [0.5, 0.6) is 11.5 Å². The van der Waals surface area contributed by atoms with Gasteiger partial charge in [-0.3, -0.25) is 4.90 Å². The Morgan fingerprint density at radius 1 is 1.06 bits per heavy atom. The zero-order valence-electron chi connectivity index (χ0n) is 27.0. The summed E-state index contributed by atoms with van der Waals surface area (Å²) in [5.74, 6) is -0.821. The summed E-state index contributed by atoms with van der Waals surface area (Å²) in [6.07, 6.45) is -0.351. The van der Waals surface area contributed by atoms with Gasteiger partial charge >= 0.3 is 6.18 Å². The minimum absolute atomic E-state index is 0.00489. The zero-order chi connectivity index (χ0) is 34.8. The van der Waals surface area contributed by atoms with E-state index in [0.717, 1.165) is 62.1 Å². The van der Waals surface area contributed by atoms with Crippen molar-refractivity contribution < 1.29 is 27.0 Å². The first-order valence-electron chi connectivity index (χ1n) is 16.5. The van der Waals surface area contributed by atoms with Crippen molar-refractivity contribution in [2.45, 2.75) is 70.0 Å². The molecule has 4 heterocycles. The first-order valence-corrected chi connectivity index (χ1v) is 16.9. The summed E-state index contributed by atoms with van der Waals surface area (Å²) in [7, 11) is 0. The molecule has 1 atom stereocenters. The molecule has 3 aromatic carbocycles. The Hall–Kier alpha value is -4.67. The molecule has 8 rings (SSSR count). The Kier molecular flexibility index (Phi) is 7.80. The number of nitrogens with zero attached hydrogens (tertiary/aromatic N) is 6. The van der Waals surface area contributed by atoms with E-state index < -0.39 is 29.0 Å². The number of ether oxygens (including phenoxy) is 2. The highest BCUT2D eigenvalue weighted by Gasteiger charge is 2.43. The van der Waals surface area contributed by atoms with E-state index in [9.17, 15) is 22.8 Å². The minimum atomic E-state index is -4.63. The SMILES string of the molecule is CC1(c2ccc(Cl)cc2F)Oc2cccc(C3CCN(Cc4nc5cc(-c6nnc(C(F)(F)F)[nH]6)ccc5n4CC4(C#N)CCC4)CC3)c2O1. The average molecular weight is 706 g/mol. The van der Waals surface area contributed by atoms with Gasteiger partial charge in [0.25, 0.3) is 5.79 Å². The highest BCUT2D eigenvalue weighted by atomic mass is 35.5. The number of nitriles is 1. The number of aromatic nitrogens is 5. The van der Waals surface area contributed by atoms with Gasteiger partial charge in [-0.25, -0.2) is 9.37 Å². The molecule has 3 aliphatic rings. The molecule has 0 radical (unpaired) electrons. The van der Waals surface area contributed by atoms with E-state index in [2.05, 4.69) is 30.7 Å². The Balaban J connectivity index is 1.02. The topological polar surface area (TPSA) is 105 Å². The van der Waals surface area contributed by atoms with E-state index in [0.29, 0.717) is 40.7 Å². The number of H-pyrrole nitrogens is 1. The van der Waals surface area contributed by atoms with Crippen LogP contribution in [0.25, 0.3) is 22.4 Å². The maximum absolute atomic E-state index is 14.9. The van der Waals surface area contributed by atoms with Crippen LogP contribution in [0, 0.1) is 22.6 Å². The molecule has 1 aliphatic carbocycles.